The second-order valence-electron chi connectivity index (χ2n) is 34.8. The molecule has 1 atom stereocenters. The molecule has 0 amide bonds. The fourth-order valence-corrected chi connectivity index (χ4v) is 23.2. The second-order valence-corrected chi connectivity index (χ2v) is 34.8. The molecule has 4 nitrogen and oxygen atoms in total. The van der Waals surface area contributed by atoms with Gasteiger partial charge >= 0.3 is 0 Å². The Labute approximate surface area is 741 Å². The number of rotatable bonds is 12. The van der Waals surface area contributed by atoms with E-state index in [0.29, 0.717) is 0 Å². The molecule has 21 aromatic carbocycles. The molecule has 4 aliphatic rings. The first kappa shape index (κ1) is 71.9. The minimum absolute atomic E-state index is 0.652. The SMILES string of the molecule is c1ccc(-c2ccc(-c3ccccc3N(c3ccc(-c4cccc5c(-c6ccc7c(c6)C6(c8ccccc8-7)c7ccccc7-n7c8ccccc8c8cc(N(c9ccccc9-c9ccc(-c%10ccccc%10)cc9)c9cccc%10ccccc9%10)cc6c87)cccc45)cc3)c3cc4c5c(c3)c3ccccc3n5-c3ccccc3C43c4ccccc4-c4ccccc43)cc2)cc1. The van der Waals surface area contributed by atoms with Crippen molar-refractivity contribution < 1.29 is 0 Å². The third kappa shape index (κ3) is 10.2. The van der Waals surface area contributed by atoms with Crippen molar-refractivity contribution in [2.75, 3.05) is 9.80 Å². The number of hydrogen-bond acceptors (Lipinski definition) is 2. The fraction of sp³-hybridized carbons (Fsp3) is 0.0161. The molecule has 4 heterocycles. The van der Waals surface area contributed by atoms with Gasteiger partial charge in [-0.25, -0.2) is 0 Å². The second kappa shape index (κ2) is 27.9. The number of anilines is 6. The summed E-state index contributed by atoms with van der Waals surface area (Å²) in [5, 5.41) is 9.56. The van der Waals surface area contributed by atoms with Gasteiger partial charge in [-0.05, 0) is 223 Å². The molecule has 0 N–H and O–H groups in total. The zero-order valence-corrected chi connectivity index (χ0v) is 69.8. The number of benzene rings is 21. The maximum absolute atomic E-state index is 2.58. The van der Waals surface area contributed by atoms with E-state index in [9.17, 15) is 0 Å². The molecule has 0 radical (unpaired) electrons. The zero-order chi connectivity index (χ0) is 83.9. The summed E-state index contributed by atoms with van der Waals surface area (Å²) in [5.74, 6) is 0. The van der Waals surface area contributed by atoms with Crippen LogP contribution in [0.15, 0.2) is 473 Å². The van der Waals surface area contributed by atoms with E-state index < -0.39 is 10.8 Å². The van der Waals surface area contributed by atoms with Gasteiger partial charge in [-0.15, -0.1) is 0 Å². The van der Waals surface area contributed by atoms with Crippen molar-refractivity contribution in [3.63, 3.8) is 0 Å². The zero-order valence-electron chi connectivity index (χ0n) is 69.8. The van der Waals surface area contributed by atoms with E-state index in [0.717, 1.165) is 67.5 Å². The Kier molecular flexibility index (Phi) is 15.7. The summed E-state index contributed by atoms with van der Waals surface area (Å²) in [6, 6.07) is 179. The molecule has 2 spiro atoms. The topological polar surface area (TPSA) is 16.3 Å². The Balaban J connectivity index is 0.638. The number of para-hydroxylation sites is 6. The summed E-state index contributed by atoms with van der Waals surface area (Å²) in [5.41, 5.74) is 41.4. The van der Waals surface area contributed by atoms with Crippen molar-refractivity contribution in [1.82, 2.24) is 9.13 Å². The van der Waals surface area contributed by atoms with E-state index in [1.54, 1.807) is 0 Å². The Hall–Kier alpha value is -16.7. The predicted molar refractivity (Wildman–Crippen MR) is 534 cm³/mol. The molecule has 0 saturated heterocycles. The van der Waals surface area contributed by atoms with E-state index >= 15 is 0 Å². The third-order valence-electron chi connectivity index (χ3n) is 28.5. The van der Waals surface area contributed by atoms with Crippen LogP contribution in [0.4, 0.5) is 34.1 Å². The quantitative estimate of drug-likeness (QED) is 0.121. The lowest BCUT2D eigenvalue weighted by Gasteiger charge is -2.40. The molecule has 2 aliphatic carbocycles. The van der Waals surface area contributed by atoms with Crippen LogP contribution in [0.3, 0.4) is 0 Å². The highest BCUT2D eigenvalue weighted by Crippen LogP contribution is 2.66. The molecule has 0 fully saturated rings. The van der Waals surface area contributed by atoms with Crippen LogP contribution in [-0.2, 0) is 10.8 Å². The lowest BCUT2D eigenvalue weighted by Crippen LogP contribution is -2.33. The van der Waals surface area contributed by atoms with Crippen molar-refractivity contribution in [2.24, 2.45) is 0 Å². The molecule has 0 saturated carbocycles. The lowest BCUT2D eigenvalue weighted by atomic mass is 9.65. The van der Waals surface area contributed by atoms with Crippen LogP contribution in [-0.4, -0.2) is 9.13 Å². The van der Waals surface area contributed by atoms with Crippen LogP contribution < -0.4 is 9.80 Å². The molecule has 1 unspecified atom stereocenters. The fourth-order valence-electron chi connectivity index (χ4n) is 23.2. The summed E-state index contributed by atoms with van der Waals surface area (Å²) in [6.07, 6.45) is 0. The van der Waals surface area contributed by atoms with Gasteiger partial charge in [0, 0.05) is 55.1 Å². The van der Waals surface area contributed by atoms with Gasteiger partial charge in [0.25, 0.3) is 0 Å². The van der Waals surface area contributed by atoms with Gasteiger partial charge in [0.1, 0.15) is 0 Å². The molecule has 128 heavy (non-hydrogen) atoms. The van der Waals surface area contributed by atoms with E-state index in [1.165, 1.54) is 177 Å². The molecule has 4 heteroatoms. The first-order valence-electron chi connectivity index (χ1n) is 44.5. The summed E-state index contributed by atoms with van der Waals surface area (Å²) in [7, 11) is 0. The normalized spacial score (nSPS) is 13.9. The average Bonchev–Trinajstić information content (AvgIpc) is 1.49. The van der Waals surface area contributed by atoms with Crippen molar-refractivity contribution in [3.05, 3.63) is 518 Å². The smallest absolute Gasteiger partial charge is 0.0755 e. The maximum atomic E-state index is 2.58. The molecule has 2 aliphatic heterocycles. The minimum Gasteiger partial charge on any atom is -0.310 e. The monoisotopic (exact) mass is 1620 g/mol. The van der Waals surface area contributed by atoms with Crippen molar-refractivity contribution in [2.45, 2.75) is 10.8 Å². The van der Waals surface area contributed by atoms with Gasteiger partial charge in [-0.2, -0.15) is 0 Å². The summed E-state index contributed by atoms with van der Waals surface area (Å²) in [4.78, 5) is 5.12. The standard InChI is InChI=1S/C124H78N4/c1-3-30-79(31-4-1)81-60-64-85(65-61-81)94-37-12-21-53-114(94)125(89-75-104-102-42-14-23-55-117(102)127-119-57-25-19-51-109(119)123(112(77-89)121(104)127)106-48-16-9-39-98(106)99-40-10-17-49-107(99)123)88-71-68-84(69-72-88)91-44-28-47-97-92(45-29-46-96(91)97)87-70-73-101-100-41-11-18-50-108(100)124(111(101)74-87)110-52-20-26-58-120(110)128-118-56-24-15-43-103(118)105-76-90(78-113(124)122(105)128)126(116-59-27-35-83-34-7-8-36-93(83)116)115-54-22-13-38-95(115)86-66-62-82(63-67-86)80-32-5-2-6-33-80/h1-78H. The van der Waals surface area contributed by atoms with Crippen LogP contribution in [0.25, 0.3) is 166 Å². The molecule has 27 rings (SSSR count). The Morgan fingerprint density at radius 1 is 0.164 bits per heavy atom. The highest BCUT2D eigenvalue weighted by atomic mass is 15.2. The van der Waals surface area contributed by atoms with Gasteiger partial charge < -0.3 is 18.9 Å². The molecular weight excluding hydrogens is 1550 g/mol. The van der Waals surface area contributed by atoms with E-state index in [2.05, 4.69) is 492 Å². The molecule has 23 aromatic rings. The van der Waals surface area contributed by atoms with Crippen LogP contribution in [0.2, 0.25) is 0 Å². The van der Waals surface area contributed by atoms with Crippen LogP contribution in [0, 0.1) is 0 Å². The summed E-state index contributed by atoms with van der Waals surface area (Å²) in [6.45, 7) is 0. The molecule has 0 bridgehead atoms. The number of fused-ring (bicyclic) bond motifs is 26. The third-order valence-corrected chi connectivity index (χ3v) is 28.5. The lowest BCUT2D eigenvalue weighted by molar-refractivity contribution is 0.748. The summed E-state index contributed by atoms with van der Waals surface area (Å²) >= 11 is 0. The van der Waals surface area contributed by atoms with Crippen molar-refractivity contribution in [1.29, 1.82) is 0 Å². The molecule has 2 aromatic heterocycles. The van der Waals surface area contributed by atoms with Gasteiger partial charge in [-0.1, -0.05) is 388 Å². The number of hydrogen-bond donors (Lipinski definition) is 0. The number of aromatic nitrogens is 2. The largest absolute Gasteiger partial charge is 0.310 e. The van der Waals surface area contributed by atoms with E-state index in [-0.39, 0.29) is 0 Å². The Morgan fingerprint density at radius 2 is 0.500 bits per heavy atom. The first-order valence-corrected chi connectivity index (χ1v) is 44.5. The van der Waals surface area contributed by atoms with Crippen LogP contribution >= 0.6 is 0 Å². The highest BCUT2D eigenvalue weighted by molar-refractivity contribution is 6.18. The average molecular weight is 1620 g/mol. The Bertz CT molecular complexity index is 8510. The van der Waals surface area contributed by atoms with Gasteiger partial charge in [0.2, 0.25) is 0 Å². The van der Waals surface area contributed by atoms with Gasteiger partial charge in [0.15, 0.2) is 0 Å². The van der Waals surface area contributed by atoms with E-state index in [1.807, 2.05) is 0 Å². The van der Waals surface area contributed by atoms with Crippen LogP contribution in [0.1, 0.15) is 44.5 Å². The number of nitrogens with zero attached hydrogens (tertiary/aromatic N) is 4. The van der Waals surface area contributed by atoms with Crippen molar-refractivity contribution in [3.8, 4) is 100 Å². The molecule has 594 valence electrons. The summed E-state index contributed by atoms with van der Waals surface area (Å²) < 4.78 is 5.14. The van der Waals surface area contributed by atoms with E-state index in [4.69, 9.17) is 0 Å². The minimum atomic E-state index is -0.796. The van der Waals surface area contributed by atoms with Gasteiger partial charge in [0.05, 0.1) is 61.3 Å². The first-order chi connectivity index (χ1) is 63.5. The Morgan fingerprint density at radius 3 is 1.03 bits per heavy atom. The van der Waals surface area contributed by atoms with Crippen molar-refractivity contribution >= 4 is 99.3 Å². The van der Waals surface area contributed by atoms with Crippen LogP contribution in [0.5, 0.6) is 0 Å². The predicted octanol–water partition coefficient (Wildman–Crippen LogP) is 32.5. The highest BCUT2D eigenvalue weighted by Gasteiger charge is 2.54. The molecular formula is C124H78N4. The maximum Gasteiger partial charge on any atom is 0.0755 e. The van der Waals surface area contributed by atoms with Gasteiger partial charge in [-0.3, -0.25) is 0 Å².